The van der Waals surface area contributed by atoms with Gasteiger partial charge in [-0.15, -0.1) is 11.3 Å². The first kappa shape index (κ1) is 12.5. The van der Waals surface area contributed by atoms with Crippen molar-refractivity contribution in [3.63, 3.8) is 0 Å². The summed E-state index contributed by atoms with van der Waals surface area (Å²) in [4.78, 5) is 4.33. The third kappa shape index (κ3) is 1.96. The van der Waals surface area contributed by atoms with Crippen LogP contribution in [0, 0.1) is 6.92 Å². The van der Waals surface area contributed by atoms with E-state index in [-0.39, 0.29) is 18.3 Å². The summed E-state index contributed by atoms with van der Waals surface area (Å²) >= 11 is 5.05. The zero-order valence-corrected chi connectivity index (χ0v) is 12.5. The van der Waals surface area contributed by atoms with E-state index >= 15 is 0 Å². The summed E-state index contributed by atoms with van der Waals surface area (Å²) in [6.07, 6.45) is 0. The van der Waals surface area contributed by atoms with Gasteiger partial charge in [-0.3, -0.25) is 0 Å². The Morgan fingerprint density at radius 2 is 1.69 bits per heavy atom. The molecular formula is C10H15BBrNO2S. The highest BCUT2D eigenvalue weighted by atomic mass is 79.9. The average molecular weight is 304 g/mol. The molecule has 2 heterocycles. The van der Waals surface area contributed by atoms with E-state index in [1.165, 1.54) is 0 Å². The molecule has 88 valence electrons. The second kappa shape index (κ2) is 3.80. The smallest absolute Gasteiger partial charge is 0.399 e. The molecule has 1 aromatic rings. The second-order valence-electron chi connectivity index (χ2n) is 4.98. The first-order chi connectivity index (χ1) is 7.23. The highest BCUT2D eigenvalue weighted by Crippen LogP contribution is 2.37. The van der Waals surface area contributed by atoms with Crippen molar-refractivity contribution in [2.24, 2.45) is 0 Å². The Morgan fingerprint density at radius 3 is 2.06 bits per heavy atom. The maximum absolute atomic E-state index is 5.96. The number of rotatable bonds is 1. The van der Waals surface area contributed by atoms with Crippen molar-refractivity contribution in [1.29, 1.82) is 0 Å². The molecule has 0 spiro atoms. The molecule has 3 nitrogen and oxygen atoms in total. The van der Waals surface area contributed by atoms with Crippen molar-refractivity contribution in [2.75, 3.05) is 0 Å². The van der Waals surface area contributed by atoms with Crippen LogP contribution in [-0.2, 0) is 9.31 Å². The Labute approximate surface area is 109 Å². The predicted molar refractivity (Wildman–Crippen MR) is 70.3 cm³/mol. The molecule has 1 aliphatic rings. The molecule has 1 aliphatic heterocycles. The number of aromatic nitrogens is 1. The minimum atomic E-state index is -0.314. The van der Waals surface area contributed by atoms with Gasteiger partial charge in [0, 0.05) is 0 Å². The fourth-order valence-electron chi connectivity index (χ4n) is 1.51. The maximum Gasteiger partial charge on any atom is 0.508 e. The van der Waals surface area contributed by atoms with Crippen molar-refractivity contribution in [2.45, 2.75) is 45.8 Å². The van der Waals surface area contributed by atoms with Gasteiger partial charge < -0.3 is 9.31 Å². The zero-order chi connectivity index (χ0) is 12.1. The van der Waals surface area contributed by atoms with E-state index in [4.69, 9.17) is 9.31 Å². The van der Waals surface area contributed by atoms with Gasteiger partial charge in [0.15, 0.2) is 0 Å². The third-order valence-corrected chi connectivity index (χ3v) is 5.04. The van der Waals surface area contributed by atoms with Gasteiger partial charge >= 0.3 is 7.12 Å². The minimum Gasteiger partial charge on any atom is -0.399 e. The van der Waals surface area contributed by atoms with Gasteiger partial charge in [-0.05, 0) is 50.5 Å². The Hall–Kier alpha value is 0.0949. The first-order valence-corrected chi connectivity index (χ1v) is 6.82. The number of hydrogen-bond acceptors (Lipinski definition) is 4. The van der Waals surface area contributed by atoms with Gasteiger partial charge in [0.25, 0.3) is 0 Å². The van der Waals surface area contributed by atoms with Crippen LogP contribution in [0.2, 0.25) is 0 Å². The monoisotopic (exact) mass is 303 g/mol. The Morgan fingerprint density at radius 1 is 1.19 bits per heavy atom. The molecule has 0 N–H and O–H groups in total. The third-order valence-electron chi connectivity index (χ3n) is 3.18. The van der Waals surface area contributed by atoms with Crippen LogP contribution in [0.15, 0.2) is 4.60 Å². The van der Waals surface area contributed by atoms with Crippen LogP contribution in [0.25, 0.3) is 0 Å². The van der Waals surface area contributed by atoms with Crippen LogP contribution in [-0.4, -0.2) is 23.3 Å². The standard InChI is InChI=1S/C10H15BBrNO2S/c1-6-13-8(12)7(16-6)11-14-9(2,3)10(4,5)15-11/h1-5H3. The Balaban J connectivity index is 2.30. The van der Waals surface area contributed by atoms with E-state index in [9.17, 15) is 0 Å². The average Bonchev–Trinajstić information content (AvgIpc) is 2.51. The molecule has 0 saturated carbocycles. The molecule has 0 unspecified atom stereocenters. The van der Waals surface area contributed by atoms with Gasteiger partial charge in [0.2, 0.25) is 0 Å². The minimum absolute atomic E-state index is 0.297. The summed E-state index contributed by atoms with van der Waals surface area (Å²) in [6.45, 7) is 10.2. The molecule has 16 heavy (non-hydrogen) atoms. The fourth-order valence-corrected chi connectivity index (χ4v) is 3.10. The normalized spacial score (nSPS) is 22.8. The molecule has 0 radical (unpaired) electrons. The number of halogens is 1. The molecule has 1 saturated heterocycles. The van der Waals surface area contributed by atoms with Crippen LogP contribution in [0.5, 0.6) is 0 Å². The van der Waals surface area contributed by atoms with Crippen LogP contribution in [0.3, 0.4) is 0 Å². The van der Waals surface area contributed by atoms with E-state index in [2.05, 4.69) is 48.6 Å². The molecule has 0 amide bonds. The lowest BCUT2D eigenvalue weighted by molar-refractivity contribution is 0.00578. The van der Waals surface area contributed by atoms with E-state index in [0.29, 0.717) is 0 Å². The van der Waals surface area contributed by atoms with Crippen molar-refractivity contribution in [3.8, 4) is 0 Å². The van der Waals surface area contributed by atoms with Crippen molar-refractivity contribution >= 4 is 39.2 Å². The lowest BCUT2D eigenvalue weighted by Crippen LogP contribution is -2.41. The van der Waals surface area contributed by atoms with E-state index in [1.807, 2.05) is 6.92 Å². The van der Waals surface area contributed by atoms with Crippen LogP contribution in [0.1, 0.15) is 32.7 Å². The van der Waals surface area contributed by atoms with Gasteiger partial charge in [-0.1, -0.05) is 0 Å². The largest absolute Gasteiger partial charge is 0.508 e. The zero-order valence-electron chi connectivity index (χ0n) is 10.1. The molecule has 6 heteroatoms. The van der Waals surface area contributed by atoms with Crippen LogP contribution >= 0.6 is 27.3 Å². The first-order valence-electron chi connectivity index (χ1n) is 5.21. The second-order valence-corrected chi connectivity index (χ2v) is 6.96. The number of hydrogen-bond donors (Lipinski definition) is 0. The Kier molecular flexibility index (Phi) is 2.98. The highest BCUT2D eigenvalue weighted by Gasteiger charge is 2.52. The molecule has 0 aliphatic carbocycles. The van der Waals surface area contributed by atoms with Gasteiger partial charge in [0.1, 0.15) is 4.60 Å². The lowest BCUT2D eigenvalue weighted by Gasteiger charge is -2.32. The SMILES string of the molecule is Cc1nc(Br)c(B2OC(C)(C)C(C)(C)O2)s1. The summed E-state index contributed by atoms with van der Waals surface area (Å²) in [6, 6.07) is 0. The summed E-state index contributed by atoms with van der Waals surface area (Å²) in [5, 5.41) is 1.01. The van der Waals surface area contributed by atoms with Crippen LogP contribution in [0.4, 0.5) is 0 Å². The predicted octanol–water partition coefficient (Wildman–Crippen LogP) is 2.51. The number of aryl methyl sites for hydroxylation is 1. The maximum atomic E-state index is 5.96. The van der Waals surface area contributed by atoms with E-state index in [1.54, 1.807) is 11.3 Å². The molecule has 1 aromatic heterocycles. The summed E-state index contributed by atoms with van der Waals surface area (Å²) in [7, 11) is -0.314. The van der Waals surface area contributed by atoms with Gasteiger partial charge in [-0.25, -0.2) is 4.98 Å². The highest BCUT2D eigenvalue weighted by molar-refractivity contribution is 9.10. The summed E-state index contributed by atoms with van der Waals surface area (Å²) in [5.74, 6) is 0. The number of thiazole rings is 1. The molecule has 0 atom stereocenters. The van der Waals surface area contributed by atoms with Crippen molar-refractivity contribution in [1.82, 2.24) is 4.98 Å². The van der Waals surface area contributed by atoms with E-state index < -0.39 is 0 Å². The van der Waals surface area contributed by atoms with Crippen molar-refractivity contribution < 1.29 is 9.31 Å². The molecule has 0 bridgehead atoms. The molecule has 0 aromatic carbocycles. The molecule has 2 rings (SSSR count). The topological polar surface area (TPSA) is 31.4 Å². The lowest BCUT2D eigenvalue weighted by atomic mass is 9.89. The van der Waals surface area contributed by atoms with Crippen molar-refractivity contribution in [3.05, 3.63) is 9.61 Å². The van der Waals surface area contributed by atoms with Gasteiger partial charge in [-0.2, -0.15) is 0 Å². The fraction of sp³-hybridized carbons (Fsp3) is 0.700. The summed E-state index contributed by atoms with van der Waals surface area (Å²) in [5.41, 5.74) is -0.593. The van der Waals surface area contributed by atoms with Crippen LogP contribution < -0.4 is 4.78 Å². The quantitative estimate of drug-likeness (QED) is 0.747. The van der Waals surface area contributed by atoms with Gasteiger partial charge in [0.05, 0.1) is 21.0 Å². The number of nitrogens with zero attached hydrogens (tertiary/aromatic N) is 1. The summed E-state index contributed by atoms with van der Waals surface area (Å²) < 4.78 is 13.8. The molecular weight excluding hydrogens is 289 g/mol. The molecule has 1 fully saturated rings. The Bertz CT molecular complexity index is 403. The van der Waals surface area contributed by atoms with E-state index in [0.717, 1.165) is 14.4 Å².